The third kappa shape index (κ3) is 3.95. The van der Waals surface area contributed by atoms with E-state index < -0.39 is 0 Å². The van der Waals surface area contributed by atoms with Crippen LogP contribution in [0.5, 0.6) is 11.5 Å². The minimum atomic E-state index is 0.401. The van der Waals surface area contributed by atoms with Crippen LogP contribution in [0.3, 0.4) is 0 Å². The molecule has 2 rings (SSSR count). The second kappa shape index (κ2) is 7.43. The first-order valence-electron chi connectivity index (χ1n) is 6.75. The van der Waals surface area contributed by atoms with Crippen molar-refractivity contribution in [2.75, 3.05) is 13.7 Å². The monoisotopic (exact) mass is 350 g/mol. The third-order valence-electron chi connectivity index (χ3n) is 3.19. The number of nitrogens with zero attached hydrogens (tertiary/aromatic N) is 1. The number of aromatic nitrogens is 1. The molecule has 5 heteroatoms. The van der Waals surface area contributed by atoms with E-state index in [1.54, 1.807) is 13.3 Å². The summed E-state index contributed by atoms with van der Waals surface area (Å²) in [6.07, 6.45) is 2.57. The molecule has 1 aromatic heterocycles. The Hall–Kier alpha value is -1.59. The zero-order valence-corrected chi connectivity index (χ0v) is 13.8. The van der Waals surface area contributed by atoms with Crippen molar-refractivity contribution < 1.29 is 9.47 Å². The largest absolute Gasteiger partial charge is 0.493 e. The fourth-order valence-corrected chi connectivity index (χ4v) is 2.64. The lowest BCUT2D eigenvalue weighted by atomic mass is 10.1. The van der Waals surface area contributed by atoms with Crippen LogP contribution in [0.15, 0.2) is 34.9 Å². The van der Waals surface area contributed by atoms with E-state index in [9.17, 15) is 0 Å². The molecule has 0 saturated heterocycles. The maximum absolute atomic E-state index is 5.89. The Labute approximate surface area is 133 Å². The van der Waals surface area contributed by atoms with E-state index in [1.165, 1.54) is 0 Å². The average molecular weight is 351 g/mol. The van der Waals surface area contributed by atoms with Gasteiger partial charge in [-0.05, 0) is 65.1 Å². The minimum Gasteiger partial charge on any atom is -0.493 e. The number of halogens is 1. The highest BCUT2D eigenvalue weighted by Gasteiger charge is 2.12. The van der Waals surface area contributed by atoms with Gasteiger partial charge in [0.25, 0.3) is 0 Å². The molecule has 0 aliphatic rings. The summed E-state index contributed by atoms with van der Waals surface area (Å²) in [5.74, 6) is 1.38. The van der Waals surface area contributed by atoms with Gasteiger partial charge in [0.15, 0.2) is 11.5 Å². The summed E-state index contributed by atoms with van der Waals surface area (Å²) in [5, 5.41) is 0. The minimum absolute atomic E-state index is 0.401. The van der Waals surface area contributed by atoms with Gasteiger partial charge in [-0.3, -0.25) is 4.98 Å². The van der Waals surface area contributed by atoms with Crippen LogP contribution in [-0.2, 0) is 13.0 Å². The molecule has 1 heterocycles. The topological polar surface area (TPSA) is 57.4 Å². The van der Waals surface area contributed by atoms with Gasteiger partial charge in [0.05, 0.1) is 17.3 Å². The molecule has 21 heavy (non-hydrogen) atoms. The number of ether oxygens (including phenoxy) is 2. The van der Waals surface area contributed by atoms with Gasteiger partial charge in [0.1, 0.15) is 6.61 Å². The van der Waals surface area contributed by atoms with Crippen LogP contribution in [0, 0.1) is 6.92 Å². The number of nitrogens with two attached hydrogens (primary N) is 1. The summed E-state index contributed by atoms with van der Waals surface area (Å²) >= 11 is 3.53. The van der Waals surface area contributed by atoms with Crippen molar-refractivity contribution in [2.24, 2.45) is 5.73 Å². The highest BCUT2D eigenvalue weighted by Crippen LogP contribution is 2.37. The Bertz CT molecular complexity index is 617. The van der Waals surface area contributed by atoms with Crippen LogP contribution < -0.4 is 15.2 Å². The van der Waals surface area contributed by atoms with Crippen molar-refractivity contribution >= 4 is 15.9 Å². The van der Waals surface area contributed by atoms with Gasteiger partial charge in [0, 0.05) is 6.20 Å². The van der Waals surface area contributed by atoms with Crippen LogP contribution in [0.1, 0.15) is 16.8 Å². The summed E-state index contributed by atoms with van der Waals surface area (Å²) in [5.41, 5.74) is 8.73. The predicted octanol–water partition coefficient (Wildman–Crippen LogP) is 3.24. The summed E-state index contributed by atoms with van der Waals surface area (Å²) in [6, 6.07) is 7.90. The molecule has 0 aliphatic heterocycles. The normalized spacial score (nSPS) is 10.5. The first-order valence-corrected chi connectivity index (χ1v) is 7.54. The Morgan fingerprint density at radius 2 is 2.14 bits per heavy atom. The molecule has 2 aromatic rings. The Morgan fingerprint density at radius 3 is 2.81 bits per heavy atom. The molecular formula is C16H19BrN2O2. The molecule has 0 spiro atoms. The Morgan fingerprint density at radius 1 is 1.33 bits per heavy atom. The average Bonchev–Trinajstić information content (AvgIpc) is 2.47. The third-order valence-corrected chi connectivity index (χ3v) is 3.78. The van der Waals surface area contributed by atoms with Gasteiger partial charge in [-0.15, -0.1) is 0 Å². The van der Waals surface area contributed by atoms with E-state index in [1.807, 2.05) is 31.2 Å². The quantitative estimate of drug-likeness (QED) is 0.868. The molecule has 0 amide bonds. The highest BCUT2D eigenvalue weighted by molar-refractivity contribution is 9.10. The lowest BCUT2D eigenvalue weighted by Crippen LogP contribution is -2.05. The molecule has 0 aliphatic carbocycles. The van der Waals surface area contributed by atoms with Gasteiger partial charge in [-0.25, -0.2) is 0 Å². The number of methoxy groups -OCH3 is 1. The van der Waals surface area contributed by atoms with Crippen LogP contribution in [-0.4, -0.2) is 18.6 Å². The molecular weight excluding hydrogens is 332 g/mol. The molecule has 0 saturated carbocycles. The van der Waals surface area contributed by atoms with E-state index in [0.29, 0.717) is 24.7 Å². The van der Waals surface area contributed by atoms with Crippen LogP contribution in [0.4, 0.5) is 0 Å². The van der Waals surface area contributed by atoms with E-state index in [0.717, 1.165) is 27.7 Å². The van der Waals surface area contributed by atoms with Gasteiger partial charge in [-0.1, -0.05) is 6.07 Å². The number of pyridine rings is 1. The first-order chi connectivity index (χ1) is 10.2. The Kier molecular flexibility index (Phi) is 5.59. The zero-order chi connectivity index (χ0) is 15.2. The SMILES string of the molecule is COc1cc(CCN)cc(Br)c1OCc1ncccc1C. The molecule has 0 radical (unpaired) electrons. The number of aryl methyl sites for hydroxylation is 1. The van der Waals surface area contributed by atoms with Gasteiger partial charge < -0.3 is 15.2 Å². The van der Waals surface area contributed by atoms with Crippen molar-refractivity contribution in [3.05, 3.63) is 51.8 Å². The fraction of sp³-hybridized carbons (Fsp3) is 0.312. The molecule has 0 bridgehead atoms. The van der Waals surface area contributed by atoms with E-state index in [-0.39, 0.29) is 0 Å². The standard InChI is InChI=1S/C16H19BrN2O2/c1-11-4-3-7-19-14(11)10-21-16-13(17)8-12(5-6-18)9-15(16)20-2/h3-4,7-9H,5-6,10,18H2,1-2H3. The highest BCUT2D eigenvalue weighted by atomic mass is 79.9. The van der Waals surface area contributed by atoms with Crippen LogP contribution in [0.2, 0.25) is 0 Å². The lowest BCUT2D eigenvalue weighted by Gasteiger charge is -2.14. The first kappa shape index (κ1) is 15.8. The van der Waals surface area contributed by atoms with Crippen molar-refractivity contribution in [3.63, 3.8) is 0 Å². The lowest BCUT2D eigenvalue weighted by molar-refractivity contribution is 0.278. The molecule has 0 atom stereocenters. The van der Waals surface area contributed by atoms with Crippen LogP contribution in [0.25, 0.3) is 0 Å². The molecule has 112 valence electrons. The maximum Gasteiger partial charge on any atom is 0.175 e. The van der Waals surface area contributed by atoms with Gasteiger partial charge in [0.2, 0.25) is 0 Å². The molecule has 1 aromatic carbocycles. The Balaban J connectivity index is 2.21. The summed E-state index contributed by atoms with van der Waals surface area (Å²) < 4.78 is 12.2. The molecule has 4 nitrogen and oxygen atoms in total. The summed E-state index contributed by atoms with van der Waals surface area (Å²) in [6.45, 7) is 3.02. The summed E-state index contributed by atoms with van der Waals surface area (Å²) in [7, 11) is 1.63. The summed E-state index contributed by atoms with van der Waals surface area (Å²) in [4.78, 5) is 4.33. The number of hydrogen-bond donors (Lipinski definition) is 1. The predicted molar refractivity (Wildman–Crippen MR) is 86.8 cm³/mol. The van der Waals surface area contributed by atoms with Crippen molar-refractivity contribution in [3.8, 4) is 11.5 Å². The van der Waals surface area contributed by atoms with Gasteiger partial charge >= 0.3 is 0 Å². The van der Waals surface area contributed by atoms with E-state index in [2.05, 4.69) is 20.9 Å². The number of hydrogen-bond acceptors (Lipinski definition) is 4. The smallest absolute Gasteiger partial charge is 0.175 e. The van der Waals surface area contributed by atoms with Crippen molar-refractivity contribution in [1.82, 2.24) is 4.98 Å². The van der Waals surface area contributed by atoms with E-state index in [4.69, 9.17) is 15.2 Å². The molecule has 0 unspecified atom stereocenters. The molecule has 0 fully saturated rings. The van der Waals surface area contributed by atoms with Crippen molar-refractivity contribution in [2.45, 2.75) is 20.0 Å². The second-order valence-corrected chi connectivity index (χ2v) is 5.56. The van der Waals surface area contributed by atoms with E-state index >= 15 is 0 Å². The van der Waals surface area contributed by atoms with Gasteiger partial charge in [-0.2, -0.15) is 0 Å². The number of rotatable bonds is 6. The fourth-order valence-electron chi connectivity index (χ4n) is 2.03. The van der Waals surface area contributed by atoms with Crippen LogP contribution >= 0.6 is 15.9 Å². The van der Waals surface area contributed by atoms with Crippen molar-refractivity contribution in [1.29, 1.82) is 0 Å². The second-order valence-electron chi connectivity index (χ2n) is 4.70. The molecule has 2 N–H and O–H groups in total. The number of benzene rings is 1. The zero-order valence-electron chi connectivity index (χ0n) is 12.2. The maximum atomic E-state index is 5.89.